The van der Waals surface area contributed by atoms with Gasteiger partial charge >= 0.3 is 0 Å². The Morgan fingerprint density at radius 1 is 0.511 bits per heavy atom. The van der Waals surface area contributed by atoms with E-state index in [0.717, 1.165) is 28.0 Å². The molecule has 236 valence electrons. The molecule has 45 heavy (non-hydrogen) atoms. The Bertz CT molecular complexity index is 1400. The zero-order valence-corrected chi connectivity index (χ0v) is 25.7. The first-order valence-corrected chi connectivity index (χ1v) is 15.3. The van der Waals surface area contributed by atoms with Crippen LogP contribution in [-0.2, 0) is 50.1 Å². The molecule has 0 amide bonds. The molecule has 0 bridgehead atoms. The first kappa shape index (κ1) is 32.6. The van der Waals surface area contributed by atoms with Gasteiger partial charge in [-0.05, 0) is 34.4 Å². The number of hydrogen-bond acceptors (Lipinski definition) is 7. The fourth-order valence-corrected chi connectivity index (χ4v) is 5.49. The topological polar surface area (TPSA) is 75.6 Å². The van der Waals surface area contributed by atoms with Gasteiger partial charge in [-0.3, -0.25) is 0 Å². The number of methoxy groups -OCH3 is 1. The highest BCUT2D eigenvalue weighted by Gasteiger charge is 2.54. The van der Waals surface area contributed by atoms with Crippen molar-refractivity contribution in [3.05, 3.63) is 150 Å². The van der Waals surface area contributed by atoms with Crippen LogP contribution in [0.2, 0.25) is 0 Å². The predicted molar refractivity (Wildman–Crippen MR) is 173 cm³/mol. The highest BCUT2D eigenvalue weighted by molar-refractivity contribution is 5.27. The Kier molecular flexibility index (Phi) is 12.3. The van der Waals surface area contributed by atoms with Gasteiger partial charge in [0.15, 0.2) is 0 Å². The maximum atomic E-state index is 12.0. The lowest BCUT2D eigenvalue weighted by Crippen LogP contribution is -2.66. The Hall–Kier alpha value is -3.82. The molecule has 0 aromatic heterocycles. The van der Waals surface area contributed by atoms with E-state index >= 15 is 0 Å². The lowest BCUT2D eigenvalue weighted by Gasteiger charge is -2.48. The molecule has 0 radical (unpaired) electrons. The Morgan fingerprint density at radius 3 is 1.27 bits per heavy atom. The van der Waals surface area contributed by atoms with Crippen LogP contribution in [0.4, 0.5) is 0 Å². The molecule has 7 nitrogen and oxygen atoms in total. The molecule has 0 unspecified atom stereocenters. The van der Waals surface area contributed by atoms with Gasteiger partial charge in [0.25, 0.3) is 0 Å². The van der Waals surface area contributed by atoms with Crippen molar-refractivity contribution >= 4 is 0 Å². The van der Waals surface area contributed by atoms with Crippen LogP contribution in [-0.4, -0.2) is 55.4 Å². The molecule has 6 atom stereocenters. The average Bonchev–Trinajstić information content (AvgIpc) is 3.10. The van der Waals surface area contributed by atoms with Gasteiger partial charge in [0.05, 0.1) is 40.1 Å². The summed E-state index contributed by atoms with van der Waals surface area (Å²) in [6.07, 6.45) is -2.97. The monoisotopic (exact) mass is 610 g/mol. The Balaban J connectivity index is 1.47. The van der Waals surface area contributed by atoms with Crippen LogP contribution >= 0.6 is 0 Å². The fourth-order valence-electron chi connectivity index (χ4n) is 5.49. The van der Waals surface area contributed by atoms with Gasteiger partial charge in [-0.2, -0.15) is 0 Å². The number of hydrogen-bond donors (Lipinski definition) is 1. The fraction of sp³-hybridized carbons (Fsp3) is 0.316. The van der Waals surface area contributed by atoms with E-state index in [0.29, 0.717) is 13.2 Å². The summed E-state index contributed by atoms with van der Waals surface area (Å²) in [7, 11) is 1.63. The van der Waals surface area contributed by atoms with E-state index in [1.54, 1.807) is 13.2 Å². The third-order valence-electron chi connectivity index (χ3n) is 7.83. The zero-order valence-electron chi connectivity index (χ0n) is 25.7. The minimum atomic E-state index is -1.08. The lowest BCUT2D eigenvalue weighted by molar-refractivity contribution is -0.279. The van der Waals surface area contributed by atoms with Gasteiger partial charge in [0.1, 0.15) is 42.4 Å². The molecule has 1 saturated carbocycles. The summed E-state index contributed by atoms with van der Waals surface area (Å²) in [5.74, 6) is 0.755. The number of rotatable bonds is 16. The van der Waals surface area contributed by atoms with Crippen molar-refractivity contribution in [2.45, 2.75) is 63.1 Å². The molecule has 0 spiro atoms. The van der Waals surface area contributed by atoms with Gasteiger partial charge in [-0.1, -0.05) is 109 Å². The first-order chi connectivity index (χ1) is 22.2. The molecule has 7 heteroatoms. The molecular formula is C38H42O7. The van der Waals surface area contributed by atoms with E-state index in [1.807, 2.05) is 115 Å². The second-order valence-electron chi connectivity index (χ2n) is 11.0. The molecule has 4 aromatic rings. The summed E-state index contributed by atoms with van der Waals surface area (Å²) in [5, 5.41) is 12.0. The molecular weight excluding hydrogens is 568 g/mol. The minimum Gasteiger partial charge on any atom is -0.497 e. The van der Waals surface area contributed by atoms with Crippen LogP contribution in [0.3, 0.4) is 0 Å². The minimum absolute atomic E-state index is 0.242. The van der Waals surface area contributed by atoms with Crippen LogP contribution in [0.25, 0.3) is 0 Å². The van der Waals surface area contributed by atoms with Gasteiger partial charge in [0.2, 0.25) is 0 Å². The quantitative estimate of drug-likeness (QED) is 0.150. The van der Waals surface area contributed by atoms with E-state index in [2.05, 4.69) is 6.58 Å². The van der Waals surface area contributed by atoms with Crippen molar-refractivity contribution in [1.29, 1.82) is 0 Å². The number of benzene rings is 4. The summed E-state index contributed by atoms with van der Waals surface area (Å²) in [5.41, 5.74) is 3.91. The molecule has 1 aliphatic rings. The first-order valence-electron chi connectivity index (χ1n) is 15.3. The second kappa shape index (κ2) is 17.0. The van der Waals surface area contributed by atoms with Crippen molar-refractivity contribution in [2.24, 2.45) is 0 Å². The third-order valence-corrected chi connectivity index (χ3v) is 7.83. The van der Waals surface area contributed by atoms with Gasteiger partial charge < -0.3 is 33.5 Å². The van der Waals surface area contributed by atoms with Crippen LogP contribution in [0.5, 0.6) is 5.75 Å². The standard InChI is InChI=1S/C38H42O7/c1-3-23-41-36-34(43-27-31-19-21-32(40-2)22-20-31)33(39)35(42-24-28-13-7-4-8-14-28)37(44-25-29-15-9-5-10-16-29)38(36)45-26-30-17-11-6-12-18-30/h3-22,33-39H,1,23-27H2,2H3/t33-,34-,35+,36-,37-,38-/m1/s1. The predicted octanol–water partition coefficient (Wildman–Crippen LogP) is 6.28. The van der Waals surface area contributed by atoms with Crippen LogP contribution in [0.15, 0.2) is 128 Å². The molecule has 5 rings (SSSR count). The van der Waals surface area contributed by atoms with E-state index in [9.17, 15) is 5.11 Å². The normalized spacial score (nSPS) is 23.0. The molecule has 1 N–H and O–H groups in total. The molecule has 1 fully saturated rings. The molecule has 1 aliphatic carbocycles. The smallest absolute Gasteiger partial charge is 0.118 e. The van der Waals surface area contributed by atoms with Crippen LogP contribution < -0.4 is 4.74 Å². The highest BCUT2D eigenvalue weighted by atomic mass is 16.6. The molecule has 0 aliphatic heterocycles. The second-order valence-corrected chi connectivity index (χ2v) is 11.0. The SMILES string of the molecule is C=CCO[C@H]1[C@@H](OCc2ccccc2)[C@H](OCc2ccccc2)[C@@H](OCc2ccccc2)[C@H](O)[C@H]1OCc1ccc(OC)cc1. The van der Waals surface area contributed by atoms with Crippen LogP contribution in [0.1, 0.15) is 22.3 Å². The van der Waals surface area contributed by atoms with Crippen molar-refractivity contribution in [3.8, 4) is 5.75 Å². The van der Waals surface area contributed by atoms with Crippen molar-refractivity contribution in [3.63, 3.8) is 0 Å². The Labute approximate surface area is 265 Å². The van der Waals surface area contributed by atoms with Crippen LogP contribution in [0, 0.1) is 0 Å². The summed E-state index contributed by atoms with van der Waals surface area (Å²) < 4.78 is 37.9. The summed E-state index contributed by atoms with van der Waals surface area (Å²) in [6, 6.07) is 37.4. The molecule has 4 aromatic carbocycles. The van der Waals surface area contributed by atoms with Crippen molar-refractivity contribution in [1.82, 2.24) is 0 Å². The number of ether oxygens (including phenoxy) is 6. The lowest BCUT2D eigenvalue weighted by atomic mass is 9.83. The number of aliphatic hydroxyl groups is 1. The van der Waals surface area contributed by atoms with E-state index in [4.69, 9.17) is 28.4 Å². The third kappa shape index (κ3) is 9.11. The van der Waals surface area contributed by atoms with Crippen molar-refractivity contribution < 1.29 is 33.5 Å². The van der Waals surface area contributed by atoms with Gasteiger partial charge in [-0.15, -0.1) is 6.58 Å². The maximum absolute atomic E-state index is 12.0. The largest absolute Gasteiger partial charge is 0.497 e. The van der Waals surface area contributed by atoms with Gasteiger partial charge in [-0.25, -0.2) is 0 Å². The summed E-state index contributed by atoms with van der Waals surface area (Å²) >= 11 is 0. The number of aliphatic hydroxyl groups excluding tert-OH is 1. The van der Waals surface area contributed by atoms with E-state index in [1.165, 1.54) is 0 Å². The zero-order chi connectivity index (χ0) is 31.3. The summed E-state index contributed by atoms with van der Waals surface area (Å²) in [6.45, 7) is 5.24. The van der Waals surface area contributed by atoms with Crippen molar-refractivity contribution in [2.75, 3.05) is 13.7 Å². The average molecular weight is 611 g/mol. The van der Waals surface area contributed by atoms with E-state index < -0.39 is 36.6 Å². The highest BCUT2D eigenvalue weighted by Crippen LogP contribution is 2.34. The summed E-state index contributed by atoms with van der Waals surface area (Å²) in [4.78, 5) is 0. The van der Waals surface area contributed by atoms with E-state index in [-0.39, 0.29) is 19.8 Å². The molecule has 0 saturated heterocycles. The maximum Gasteiger partial charge on any atom is 0.118 e. The Morgan fingerprint density at radius 2 is 0.867 bits per heavy atom. The molecule has 0 heterocycles. The van der Waals surface area contributed by atoms with Gasteiger partial charge in [0, 0.05) is 0 Å².